The molecule has 0 unspecified atom stereocenters. The molecule has 0 aliphatic heterocycles. The lowest BCUT2D eigenvalue weighted by atomic mass is 10.1. The van der Waals surface area contributed by atoms with Gasteiger partial charge in [0.1, 0.15) is 11.4 Å². The molecule has 0 fully saturated rings. The predicted octanol–water partition coefficient (Wildman–Crippen LogP) is 3.26. The SMILES string of the molecule is CCC(=O)Oc1c(C(=O)c2cc(CO)ccn2)[nH]c2cc(Cl)ccc12. The van der Waals surface area contributed by atoms with Crippen LogP contribution in [0.25, 0.3) is 10.9 Å². The number of benzene rings is 1. The van der Waals surface area contributed by atoms with Gasteiger partial charge in [-0.25, -0.2) is 0 Å². The van der Waals surface area contributed by atoms with Crippen LogP contribution in [0.2, 0.25) is 5.02 Å². The highest BCUT2D eigenvalue weighted by atomic mass is 35.5. The Bertz CT molecular complexity index is 965. The smallest absolute Gasteiger partial charge is 0.310 e. The summed E-state index contributed by atoms with van der Waals surface area (Å²) in [5.41, 5.74) is 1.39. The molecule has 0 spiro atoms. The summed E-state index contributed by atoms with van der Waals surface area (Å²) in [5, 5.41) is 10.3. The second-order valence-corrected chi connectivity index (χ2v) is 5.82. The van der Waals surface area contributed by atoms with Gasteiger partial charge in [0.2, 0.25) is 5.78 Å². The average molecular weight is 359 g/mol. The maximum Gasteiger partial charge on any atom is 0.310 e. The van der Waals surface area contributed by atoms with Gasteiger partial charge in [0.25, 0.3) is 0 Å². The normalized spacial score (nSPS) is 10.8. The summed E-state index contributed by atoms with van der Waals surface area (Å²) in [6.07, 6.45) is 1.61. The number of aromatic nitrogens is 2. The topological polar surface area (TPSA) is 92.3 Å². The summed E-state index contributed by atoms with van der Waals surface area (Å²) in [5.74, 6) is -0.747. The lowest BCUT2D eigenvalue weighted by Gasteiger charge is -2.05. The number of hydrogen-bond acceptors (Lipinski definition) is 5. The molecule has 0 bridgehead atoms. The lowest BCUT2D eigenvalue weighted by Crippen LogP contribution is -2.11. The predicted molar refractivity (Wildman–Crippen MR) is 92.8 cm³/mol. The van der Waals surface area contributed by atoms with Crippen LogP contribution in [0.15, 0.2) is 36.5 Å². The molecule has 2 N–H and O–H groups in total. The summed E-state index contributed by atoms with van der Waals surface area (Å²) >= 11 is 6.00. The second kappa shape index (κ2) is 7.04. The minimum atomic E-state index is -0.457. The van der Waals surface area contributed by atoms with Crippen LogP contribution in [0.5, 0.6) is 5.75 Å². The van der Waals surface area contributed by atoms with Crippen LogP contribution in [-0.4, -0.2) is 26.8 Å². The number of ether oxygens (including phenoxy) is 1. The number of pyridine rings is 1. The summed E-state index contributed by atoms with van der Waals surface area (Å²) < 4.78 is 5.38. The Labute approximate surface area is 148 Å². The van der Waals surface area contributed by atoms with E-state index in [1.807, 2.05) is 0 Å². The van der Waals surface area contributed by atoms with Gasteiger partial charge in [0, 0.05) is 23.0 Å². The molecule has 3 aromatic rings. The third-order valence-corrected chi connectivity index (χ3v) is 3.92. The Morgan fingerprint density at radius 2 is 2.08 bits per heavy atom. The van der Waals surface area contributed by atoms with E-state index in [1.54, 1.807) is 31.2 Å². The number of aliphatic hydroxyl groups is 1. The molecule has 0 saturated carbocycles. The van der Waals surface area contributed by atoms with Crippen molar-refractivity contribution in [3.05, 3.63) is 58.5 Å². The largest absolute Gasteiger partial charge is 0.423 e. The number of aromatic amines is 1. The van der Waals surface area contributed by atoms with Crippen LogP contribution in [0.1, 0.15) is 35.1 Å². The van der Waals surface area contributed by atoms with Crippen LogP contribution in [0.3, 0.4) is 0 Å². The number of nitrogens with zero attached hydrogens (tertiary/aromatic N) is 1. The highest BCUT2D eigenvalue weighted by Gasteiger charge is 2.23. The number of H-pyrrole nitrogens is 1. The van der Waals surface area contributed by atoms with Gasteiger partial charge in [-0.05, 0) is 35.9 Å². The van der Waals surface area contributed by atoms with Gasteiger partial charge in [0.15, 0.2) is 5.75 Å². The first kappa shape index (κ1) is 17.1. The zero-order chi connectivity index (χ0) is 18.0. The number of aliphatic hydroxyl groups excluding tert-OH is 1. The second-order valence-electron chi connectivity index (χ2n) is 5.38. The van der Waals surface area contributed by atoms with Crippen molar-refractivity contribution in [3.63, 3.8) is 0 Å². The molecule has 6 nitrogen and oxygen atoms in total. The van der Waals surface area contributed by atoms with Gasteiger partial charge in [-0.15, -0.1) is 0 Å². The summed E-state index contributed by atoms with van der Waals surface area (Å²) in [7, 11) is 0. The van der Waals surface area contributed by atoms with Gasteiger partial charge in [-0.3, -0.25) is 14.6 Å². The maximum absolute atomic E-state index is 12.9. The number of esters is 1. The summed E-state index contributed by atoms with van der Waals surface area (Å²) in [4.78, 5) is 31.6. The van der Waals surface area contributed by atoms with Crippen LogP contribution in [0, 0.1) is 0 Å². The van der Waals surface area contributed by atoms with Crippen molar-refractivity contribution in [2.45, 2.75) is 20.0 Å². The highest BCUT2D eigenvalue weighted by Crippen LogP contribution is 2.33. The fourth-order valence-corrected chi connectivity index (χ4v) is 2.59. The summed E-state index contributed by atoms with van der Waals surface area (Å²) in [6, 6.07) is 8.08. The standard InChI is InChI=1S/C18H15ClN2O4/c1-2-15(23)25-18-12-4-3-11(19)8-13(12)21-16(18)17(24)14-7-10(9-22)5-6-20-14/h3-8,21-22H,2,9H2,1H3. The number of ketones is 1. The van der Waals surface area contributed by atoms with E-state index in [1.165, 1.54) is 12.3 Å². The molecule has 0 atom stereocenters. The first-order valence-electron chi connectivity index (χ1n) is 7.66. The zero-order valence-corrected chi connectivity index (χ0v) is 14.1. The molecule has 2 aromatic heterocycles. The van der Waals surface area contributed by atoms with Crippen molar-refractivity contribution < 1.29 is 19.4 Å². The number of carbonyl (C=O) groups is 2. The molecule has 3 rings (SSSR count). The van der Waals surface area contributed by atoms with Crippen molar-refractivity contribution in [3.8, 4) is 5.75 Å². The Balaban J connectivity index is 2.14. The van der Waals surface area contributed by atoms with E-state index in [-0.39, 0.29) is 30.2 Å². The number of fused-ring (bicyclic) bond motifs is 1. The summed E-state index contributed by atoms with van der Waals surface area (Å²) in [6.45, 7) is 1.46. The molecular formula is C18H15ClN2O4. The third-order valence-electron chi connectivity index (χ3n) is 3.68. The van der Waals surface area contributed by atoms with Crippen molar-refractivity contribution in [2.24, 2.45) is 0 Å². The zero-order valence-electron chi connectivity index (χ0n) is 13.4. The minimum Gasteiger partial charge on any atom is -0.423 e. The fourth-order valence-electron chi connectivity index (χ4n) is 2.42. The Morgan fingerprint density at radius 1 is 1.28 bits per heavy atom. The van der Waals surface area contributed by atoms with Gasteiger partial charge < -0.3 is 14.8 Å². The Kier molecular flexibility index (Phi) is 4.83. The third kappa shape index (κ3) is 3.40. The molecule has 0 aliphatic rings. The molecular weight excluding hydrogens is 344 g/mol. The first-order chi connectivity index (χ1) is 12.0. The number of carbonyl (C=O) groups excluding carboxylic acids is 2. The molecule has 1 aromatic carbocycles. The average Bonchev–Trinajstić information content (AvgIpc) is 2.98. The Morgan fingerprint density at radius 3 is 2.80 bits per heavy atom. The van der Waals surface area contributed by atoms with E-state index >= 15 is 0 Å². The van der Waals surface area contributed by atoms with Crippen molar-refractivity contribution in [1.29, 1.82) is 0 Å². The van der Waals surface area contributed by atoms with E-state index in [0.717, 1.165) is 0 Å². The van der Waals surface area contributed by atoms with E-state index in [0.29, 0.717) is 21.5 Å². The van der Waals surface area contributed by atoms with Crippen molar-refractivity contribution >= 4 is 34.3 Å². The monoisotopic (exact) mass is 358 g/mol. The van der Waals surface area contributed by atoms with Crippen molar-refractivity contribution in [2.75, 3.05) is 0 Å². The molecule has 0 aliphatic carbocycles. The van der Waals surface area contributed by atoms with Gasteiger partial charge in [0.05, 0.1) is 12.1 Å². The van der Waals surface area contributed by atoms with Gasteiger partial charge in [-0.1, -0.05) is 18.5 Å². The number of hydrogen-bond donors (Lipinski definition) is 2. The first-order valence-corrected chi connectivity index (χ1v) is 8.03. The molecule has 128 valence electrons. The molecule has 0 saturated heterocycles. The van der Waals surface area contributed by atoms with E-state index in [4.69, 9.17) is 16.3 Å². The van der Waals surface area contributed by atoms with E-state index in [2.05, 4.69) is 9.97 Å². The number of halogens is 1. The number of rotatable bonds is 5. The molecule has 0 amide bonds. The highest BCUT2D eigenvalue weighted by molar-refractivity contribution is 6.31. The van der Waals surface area contributed by atoms with Crippen molar-refractivity contribution in [1.82, 2.24) is 9.97 Å². The van der Waals surface area contributed by atoms with Crippen LogP contribution >= 0.6 is 11.6 Å². The van der Waals surface area contributed by atoms with Crippen LogP contribution in [-0.2, 0) is 11.4 Å². The molecule has 2 heterocycles. The minimum absolute atomic E-state index is 0.113. The molecule has 0 radical (unpaired) electrons. The lowest BCUT2D eigenvalue weighted by molar-refractivity contribution is -0.133. The number of nitrogens with one attached hydrogen (secondary N) is 1. The maximum atomic E-state index is 12.9. The fraction of sp³-hybridized carbons (Fsp3) is 0.167. The van der Waals surface area contributed by atoms with Crippen LogP contribution in [0.4, 0.5) is 0 Å². The Hall–Kier alpha value is -2.70. The molecule has 7 heteroatoms. The quantitative estimate of drug-likeness (QED) is 0.539. The van der Waals surface area contributed by atoms with Gasteiger partial charge in [-0.2, -0.15) is 0 Å². The molecule has 25 heavy (non-hydrogen) atoms. The van der Waals surface area contributed by atoms with E-state index < -0.39 is 11.8 Å². The van der Waals surface area contributed by atoms with Crippen LogP contribution < -0.4 is 4.74 Å². The van der Waals surface area contributed by atoms with Gasteiger partial charge >= 0.3 is 5.97 Å². The van der Waals surface area contributed by atoms with E-state index in [9.17, 15) is 14.7 Å².